The highest BCUT2D eigenvalue weighted by molar-refractivity contribution is 6.04. The number of rotatable bonds is 12. The molecule has 2 N–H and O–H groups in total. The Hall–Kier alpha value is -2.34. The zero-order valence-electron chi connectivity index (χ0n) is 18.1. The summed E-state index contributed by atoms with van der Waals surface area (Å²) in [5.41, 5.74) is 2.23. The van der Waals surface area contributed by atoms with Gasteiger partial charge in [0.15, 0.2) is 0 Å². The first-order chi connectivity index (χ1) is 14.2. The maximum absolute atomic E-state index is 13.0. The van der Waals surface area contributed by atoms with Gasteiger partial charge in [0.25, 0.3) is 5.56 Å². The van der Waals surface area contributed by atoms with Gasteiger partial charge >= 0.3 is 0 Å². The topological polar surface area (TPSA) is 64.3 Å². The first-order valence-electron chi connectivity index (χ1n) is 11.1. The zero-order valence-corrected chi connectivity index (χ0v) is 18.1. The summed E-state index contributed by atoms with van der Waals surface area (Å²) in [7, 11) is 0. The molecule has 3 aromatic rings. The quantitative estimate of drug-likeness (QED) is 0.492. The number of quaternary nitrogens is 1. The van der Waals surface area contributed by atoms with E-state index in [0.717, 1.165) is 35.1 Å². The summed E-state index contributed by atoms with van der Waals surface area (Å²) in [6, 6.07) is 5.83. The van der Waals surface area contributed by atoms with Gasteiger partial charge in [-0.15, -0.1) is 0 Å². The van der Waals surface area contributed by atoms with Gasteiger partial charge in [-0.3, -0.25) is 9.36 Å². The molecule has 0 bridgehead atoms. The molecule has 1 aromatic carbocycles. The molecule has 0 unspecified atom stereocenters. The van der Waals surface area contributed by atoms with Crippen LogP contribution in [-0.2, 0) is 6.54 Å². The van der Waals surface area contributed by atoms with Crippen LogP contribution in [0.4, 0.5) is 0 Å². The number of H-pyrrole nitrogens is 1. The number of nitrogens with one attached hydrogen (secondary N) is 2. The maximum Gasteiger partial charge on any atom is 0.277 e. The second kappa shape index (κ2) is 10.4. The number of unbranched alkanes of at least 4 members (excludes halogenated alkanes) is 2. The van der Waals surface area contributed by atoms with Crippen LogP contribution in [0.1, 0.15) is 52.9 Å². The van der Waals surface area contributed by atoms with E-state index >= 15 is 0 Å². The highest BCUT2D eigenvalue weighted by Crippen LogP contribution is 2.25. The number of fused-ring (bicyclic) bond motifs is 3. The summed E-state index contributed by atoms with van der Waals surface area (Å²) >= 11 is 0. The van der Waals surface area contributed by atoms with Gasteiger partial charge in [-0.05, 0) is 38.0 Å². The van der Waals surface area contributed by atoms with E-state index in [-0.39, 0.29) is 5.56 Å². The summed E-state index contributed by atoms with van der Waals surface area (Å²) in [4.78, 5) is 22.5. The van der Waals surface area contributed by atoms with E-state index in [1.807, 2.05) is 25.1 Å². The molecule has 0 spiro atoms. The third kappa shape index (κ3) is 5.18. The minimum atomic E-state index is 0.00725. The fourth-order valence-corrected chi connectivity index (χ4v) is 3.91. The fraction of sp³-hybridized carbons (Fsp3) is 0.565. The normalized spacial score (nSPS) is 11.7. The molecule has 158 valence electrons. The van der Waals surface area contributed by atoms with Crippen molar-refractivity contribution in [2.45, 2.75) is 59.4 Å². The Morgan fingerprint density at radius 2 is 1.79 bits per heavy atom. The Morgan fingerprint density at radius 1 is 1.07 bits per heavy atom. The lowest BCUT2D eigenvalue weighted by Crippen LogP contribution is -3.12. The van der Waals surface area contributed by atoms with Crippen molar-refractivity contribution in [3.05, 3.63) is 34.9 Å². The van der Waals surface area contributed by atoms with Crippen molar-refractivity contribution < 1.29 is 9.64 Å². The van der Waals surface area contributed by atoms with E-state index in [2.05, 4.69) is 23.8 Å². The Balaban J connectivity index is 1.74. The molecular formula is C23H35N4O2+. The molecule has 0 radical (unpaired) electrons. The van der Waals surface area contributed by atoms with Crippen molar-refractivity contribution >= 4 is 21.9 Å². The molecule has 0 amide bonds. The number of aromatic amines is 1. The Bertz CT molecular complexity index is 968. The van der Waals surface area contributed by atoms with Crippen molar-refractivity contribution in [3.63, 3.8) is 0 Å². The average molecular weight is 400 g/mol. The van der Waals surface area contributed by atoms with Gasteiger partial charge in [0.2, 0.25) is 0 Å². The Morgan fingerprint density at radius 3 is 2.48 bits per heavy atom. The van der Waals surface area contributed by atoms with Gasteiger partial charge in [-0.2, -0.15) is 0 Å². The number of nitrogens with zero attached hydrogens (tertiary/aromatic N) is 2. The summed E-state index contributed by atoms with van der Waals surface area (Å²) in [5, 5.41) is 0.935. The molecular weight excluding hydrogens is 364 g/mol. The summed E-state index contributed by atoms with van der Waals surface area (Å²) in [5.74, 6) is 0.800. The van der Waals surface area contributed by atoms with Crippen LogP contribution in [0, 0.1) is 0 Å². The molecule has 0 atom stereocenters. The van der Waals surface area contributed by atoms with Crippen LogP contribution in [0.5, 0.6) is 5.75 Å². The van der Waals surface area contributed by atoms with E-state index in [4.69, 9.17) is 4.74 Å². The van der Waals surface area contributed by atoms with Crippen LogP contribution >= 0.6 is 0 Å². The monoisotopic (exact) mass is 399 g/mol. The summed E-state index contributed by atoms with van der Waals surface area (Å²) in [6.07, 6.45) is 7.70. The molecule has 0 fully saturated rings. The lowest BCUT2D eigenvalue weighted by Gasteiger charge is -2.19. The van der Waals surface area contributed by atoms with Crippen LogP contribution in [0.15, 0.2) is 29.3 Å². The highest BCUT2D eigenvalue weighted by atomic mass is 16.5. The van der Waals surface area contributed by atoms with E-state index < -0.39 is 0 Å². The molecule has 0 saturated carbocycles. The standard InChI is InChI=1S/C23H34N4O2/c1-4-7-12-26(13-8-5-2)14-9-15-27-17-24-21-19-16-18(29-6-3)10-11-20(19)25-22(21)23(27)28/h10-11,16-17,25H,4-9,12-15H2,1-3H3/p+1. The SMILES string of the molecule is CCCC[NH+](CCCC)CCCn1cnc2c([nH]c3ccc(OCC)cc32)c1=O. The minimum absolute atomic E-state index is 0.00725. The number of benzene rings is 1. The predicted molar refractivity (Wildman–Crippen MR) is 119 cm³/mol. The number of aryl methyl sites for hydroxylation is 1. The zero-order chi connectivity index (χ0) is 20.6. The molecule has 2 heterocycles. The molecule has 29 heavy (non-hydrogen) atoms. The average Bonchev–Trinajstić information content (AvgIpc) is 3.10. The molecule has 6 heteroatoms. The second-order valence-corrected chi connectivity index (χ2v) is 7.79. The van der Waals surface area contributed by atoms with Gasteiger partial charge in [0.1, 0.15) is 16.8 Å². The van der Waals surface area contributed by atoms with E-state index in [1.165, 1.54) is 38.8 Å². The van der Waals surface area contributed by atoms with Crippen LogP contribution in [0.25, 0.3) is 21.9 Å². The largest absolute Gasteiger partial charge is 0.494 e. The first-order valence-corrected chi connectivity index (χ1v) is 11.1. The van der Waals surface area contributed by atoms with Crippen molar-refractivity contribution in [1.29, 1.82) is 0 Å². The van der Waals surface area contributed by atoms with E-state index in [1.54, 1.807) is 15.8 Å². The van der Waals surface area contributed by atoms with E-state index in [0.29, 0.717) is 18.7 Å². The van der Waals surface area contributed by atoms with Gasteiger partial charge in [0, 0.05) is 23.9 Å². The molecule has 2 aromatic heterocycles. The predicted octanol–water partition coefficient (Wildman–Crippen LogP) is 3.15. The number of ether oxygens (including phenoxy) is 1. The van der Waals surface area contributed by atoms with E-state index in [9.17, 15) is 4.79 Å². The fourth-order valence-electron chi connectivity index (χ4n) is 3.91. The highest BCUT2D eigenvalue weighted by Gasteiger charge is 2.13. The second-order valence-electron chi connectivity index (χ2n) is 7.79. The number of aromatic nitrogens is 3. The first kappa shape index (κ1) is 21.4. The summed E-state index contributed by atoms with van der Waals surface area (Å²) in [6.45, 7) is 11.3. The smallest absolute Gasteiger partial charge is 0.277 e. The molecule has 0 saturated heterocycles. The van der Waals surface area contributed by atoms with Gasteiger partial charge in [-0.25, -0.2) is 4.98 Å². The molecule has 3 rings (SSSR count). The van der Waals surface area contributed by atoms with Gasteiger partial charge in [-0.1, -0.05) is 26.7 Å². The maximum atomic E-state index is 13.0. The van der Waals surface area contributed by atoms with Crippen LogP contribution in [0.2, 0.25) is 0 Å². The Kier molecular flexibility index (Phi) is 7.69. The lowest BCUT2D eigenvalue weighted by molar-refractivity contribution is -0.900. The molecule has 6 nitrogen and oxygen atoms in total. The van der Waals surface area contributed by atoms with Crippen molar-refractivity contribution in [2.75, 3.05) is 26.2 Å². The number of hydrogen-bond donors (Lipinski definition) is 2. The third-order valence-corrected chi connectivity index (χ3v) is 5.55. The summed E-state index contributed by atoms with van der Waals surface area (Å²) < 4.78 is 7.34. The number of hydrogen-bond acceptors (Lipinski definition) is 3. The van der Waals surface area contributed by atoms with Crippen LogP contribution in [0.3, 0.4) is 0 Å². The van der Waals surface area contributed by atoms with Gasteiger partial charge < -0.3 is 14.6 Å². The van der Waals surface area contributed by atoms with Gasteiger partial charge in [0.05, 0.1) is 32.6 Å². The molecule has 0 aliphatic heterocycles. The lowest BCUT2D eigenvalue weighted by atomic mass is 10.2. The molecule has 0 aliphatic carbocycles. The van der Waals surface area contributed by atoms with Crippen LogP contribution in [-0.4, -0.2) is 40.8 Å². The van der Waals surface area contributed by atoms with Crippen molar-refractivity contribution in [2.24, 2.45) is 0 Å². The third-order valence-electron chi connectivity index (χ3n) is 5.55. The Labute approximate surface area is 172 Å². The van der Waals surface area contributed by atoms with Crippen molar-refractivity contribution in [3.8, 4) is 5.75 Å². The minimum Gasteiger partial charge on any atom is -0.494 e. The van der Waals surface area contributed by atoms with Crippen LogP contribution < -0.4 is 15.2 Å². The van der Waals surface area contributed by atoms with Crippen molar-refractivity contribution in [1.82, 2.24) is 14.5 Å². The molecule has 0 aliphatic rings.